The monoisotopic (exact) mass is 372 g/mol. The highest BCUT2D eigenvalue weighted by molar-refractivity contribution is 5.90. The van der Waals surface area contributed by atoms with Gasteiger partial charge in [0.25, 0.3) is 0 Å². The smallest absolute Gasteiger partial charge is 0.245 e. The van der Waals surface area contributed by atoms with Crippen LogP contribution in [0.4, 0.5) is 0 Å². The topological polar surface area (TPSA) is 49.4 Å². The predicted molar refractivity (Wildman–Crippen MR) is 111 cm³/mol. The van der Waals surface area contributed by atoms with Gasteiger partial charge >= 0.3 is 0 Å². The van der Waals surface area contributed by atoms with Crippen LogP contribution in [0.15, 0.2) is 66.7 Å². The van der Waals surface area contributed by atoms with E-state index in [0.29, 0.717) is 19.5 Å². The number of hydrogen-bond acceptors (Lipinski definition) is 2. The normalized spacial score (nSPS) is 16.5. The van der Waals surface area contributed by atoms with E-state index in [0.717, 1.165) is 21.9 Å². The molecule has 4 heteroatoms. The van der Waals surface area contributed by atoms with Crippen molar-refractivity contribution in [2.45, 2.75) is 32.4 Å². The van der Waals surface area contributed by atoms with Crippen LogP contribution in [0.1, 0.15) is 23.1 Å². The highest BCUT2D eigenvalue weighted by Crippen LogP contribution is 2.18. The Labute approximate surface area is 165 Å². The Hall–Kier alpha value is -3.14. The molecular formula is C24H24N2O2. The SMILES string of the molecule is Cc1ccc(CN2CC[C@H](NC(=O)Cc3ccc4ccccc4c3)C2=O)cc1. The van der Waals surface area contributed by atoms with Gasteiger partial charge in [0.1, 0.15) is 6.04 Å². The summed E-state index contributed by atoms with van der Waals surface area (Å²) in [6, 6.07) is 21.9. The molecule has 28 heavy (non-hydrogen) atoms. The Bertz CT molecular complexity index is 1010. The fourth-order valence-corrected chi connectivity index (χ4v) is 3.72. The van der Waals surface area contributed by atoms with E-state index >= 15 is 0 Å². The maximum Gasteiger partial charge on any atom is 0.245 e. The lowest BCUT2D eigenvalue weighted by molar-refractivity contribution is -0.132. The summed E-state index contributed by atoms with van der Waals surface area (Å²) >= 11 is 0. The molecule has 3 aromatic carbocycles. The number of fused-ring (bicyclic) bond motifs is 1. The van der Waals surface area contributed by atoms with Crippen molar-refractivity contribution in [3.63, 3.8) is 0 Å². The van der Waals surface area contributed by atoms with Crippen LogP contribution in [0.5, 0.6) is 0 Å². The molecule has 1 saturated heterocycles. The van der Waals surface area contributed by atoms with Crippen molar-refractivity contribution in [3.8, 4) is 0 Å². The second-order valence-corrected chi connectivity index (χ2v) is 7.51. The molecule has 1 heterocycles. The first-order valence-electron chi connectivity index (χ1n) is 9.70. The standard InChI is InChI=1S/C24H24N2O2/c1-17-6-8-18(9-7-17)16-26-13-12-22(24(26)28)25-23(27)15-19-10-11-20-4-2-3-5-21(20)14-19/h2-11,14,22H,12-13,15-16H2,1H3,(H,25,27)/t22-/m0/s1. The summed E-state index contributed by atoms with van der Waals surface area (Å²) in [6.07, 6.45) is 0.945. The van der Waals surface area contributed by atoms with Gasteiger partial charge in [-0.1, -0.05) is 72.3 Å². The zero-order chi connectivity index (χ0) is 19.5. The molecule has 0 bridgehead atoms. The van der Waals surface area contributed by atoms with E-state index in [-0.39, 0.29) is 18.2 Å². The number of rotatable bonds is 5. The van der Waals surface area contributed by atoms with Crippen molar-refractivity contribution in [1.82, 2.24) is 10.2 Å². The van der Waals surface area contributed by atoms with Gasteiger partial charge in [-0.2, -0.15) is 0 Å². The third-order valence-corrected chi connectivity index (χ3v) is 5.31. The number of nitrogens with one attached hydrogen (secondary N) is 1. The average Bonchev–Trinajstić information content (AvgIpc) is 3.03. The van der Waals surface area contributed by atoms with Crippen molar-refractivity contribution in [2.24, 2.45) is 0 Å². The maximum atomic E-state index is 12.7. The predicted octanol–water partition coefficient (Wildman–Crippen LogP) is 3.61. The van der Waals surface area contributed by atoms with E-state index < -0.39 is 6.04 Å². The number of likely N-dealkylation sites (tertiary alicyclic amines) is 1. The Balaban J connectivity index is 1.35. The van der Waals surface area contributed by atoms with Crippen molar-refractivity contribution in [1.29, 1.82) is 0 Å². The third-order valence-electron chi connectivity index (χ3n) is 5.31. The Morgan fingerprint density at radius 1 is 1.00 bits per heavy atom. The minimum atomic E-state index is -0.418. The largest absolute Gasteiger partial charge is 0.344 e. The first kappa shape index (κ1) is 18.2. The highest BCUT2D eigenvalue weighted by atomic mass is 16.2. The number of amides is 2. The van der Waals surface area contributed by atoms with Gasteiger partial charge in [-0.3, -0.25) is 9.59 Å². The first-order valence-corrected chi connectivity index (χ1v) is 9.70. The molecule has 1 N–H and O–H groups in total. The highest BCUT2D eigenvalue weighted by Gasteiger charge is 2.32. The second-order valence-electron chi connectivity index (χ2n) is 7.51. The van der Waals surface area contributed by atoms with Gasteiger partial charge in [0.05, 0.1) is 6.42 Å². The average molecular weight is 372 g/mol. The molecule has 1 aliphatic rings. The molecule has 0 aliphatic carbocycles. The van der Waals surface area contributed by atoms with E-state index in [1.165, 1.54) is 5.56 Å². The number of carbonyl (C=O) groups excluding carboxylic acids is 2. The van der Waals surface area contributed by atoms with Crippen LogP contribution in [0, 0.1) is 6.92 Å². The molecule has 0 aromatic heterocycles. The molecule has 1 atom stereocenters. The minimum Gasteiger partial charge on any atom is -0.344 e. The first-order chi connectivity index (χ1) is 13.6. The van der Waals surface area contributed by atoms with E-state index in [1.807, 2.05) is 60.4 Å². The zero-order valence-electron chi connectivity index (χ0n) is 16.0. The van der Waals surface area contributed by atoms with Crippen LogP contribution in [0.2, 0.25) is 0 Å². The molecule has 142 valence electrons. The Kier molecular flexibility index (Phi) is 5.11. The summed E-state index contributed by atoms with van der Waals surface area (Å²) in [5.74, 6) is -0.0988. The fraction of sp³-hybridized carbons (Fsp3) is 0.250. The van der Waals surface area contributed by atoms with Crippen LogP contribution in [0.3, 0.4) is 0 Å². The summed E-state index contributed by atoms with van der Waals surface area (Å²) in [5, 5.41) is 5.20. The van der Waals surface area contributed by atoms with Crippen LogP contribution in [-0.4, -0.2) is 29.3 Å². The summed E-state index contributed by atoms with van der Waals surface area (Å²) < 4.78 is 0. The maximum absolute atomic E-state index is 12.7. The molecule has 0 radical (unpaired) electrons. The zero-order valence-corrected chi connectivity index (χ0v) is 16.0. The Morgan fingerprint density at radius 2 is 1.71 bits per heavy atom. The second kappa shape index (κ2) is 7.85. The summed E-state index contributed by atoms with van der Waals surface area (Å²) in [7, 11) is 0. The van der Waals surface area contributed by atoms with Crippen molar-refractivity contribution in [3.05, 3.63) is 83.4 Å². The molecule has 4 nitrogen and oxygen atoms in total. The minimum absolute atomic E-state index is 0.00689. The van der Waals surface area contributed by atoms with Gasteiger partial charge < -0.3 is 10.2 Å². The Morgan fingerprint density at radius 3 is 2.50 bits per heavy atom. The molecule has 1 aliphatic heterocycles. The van der Waals surface area contributed by atoms with E-state index in [4.69, 9.17) is 0 Å². The number of benzene rings is 3. The van der Waals surface area contributed by atoms with Crippen LogP contribution >= 0.6 is 0 Å². The lowest BCUT2D eigenvalue weighted by atomic mass is 10.0. The number of hydrogen-bond donors (Lipinski definition) is 1. The molecule has 1 fully saturated rings. The van der Waals surface area contributed by atoms with Crippen LogP contribution in [0.25, 0.3) is 10.8 Å². The van der Waals surface area contributed by atoms with Crippen molar-refractivity contribution < 1.29 is 9.59 Å². The van der Waals surface area contributed by atoms with Gasteiger partial charge in [-0.15, -0.1) is 0 Å². The van der Waals surface area contributed by atoms with Gasteiger partial charge in [0.15, 0.2) is 0 Å². The summed E-state index contributed by atoms with van der Waals surface area (Å²) in [5.41, 5.74) is 3.27. The van der Waals surface area contributed by atoms with Gasteiger partial charge in [0.2, 0.25) is 11.8 Å². The molecule has 0 saturated carbocycles. The molecule has 4 rings (SSSR count). The van der Waals surface area contributed by atoms with Gasteiger partial charge in [0, 0.05) is 13.1 Å². The fourth-order valence-electron chi connectivity index (χ4n) is 3.72. The third kappa shape index (κ3) is 4.06. The lowest BCUT2D eigenvalue weighted by Crippen LogP contribution is -2.41. The van der Waals surface area contributed by atoms with E-state index in [2.05, 4.69) is 23.5 Å². The van der Waals surface area contributed by atoms with Gasteiger partial charge in [-0.25, -0.2) is 0 Å². The van der Waals surface area contributed by atoms with Gasteiger partial charge in [-0.05, 0) is 35.2 Å². The van der Waals surface area contributed by atoms with Crippen LogP contribution < -0.4 is 5.32 Å². The van der Waals surface area contributed by atoms with E-state index in [9.17, 15) is 9.59 Å². The molecule has 0 spiro atoms. The molecule has 2 amide bonds. The lowest BCUT2D eigenvalue weighted by Gasteiger charge is -2.17. The number of aryl methyl sites for hydroxylation is 1. The van der Waals surface area contributed by atoms with Crippen molar-refractivity contribution in [2.75, 3.05) is 6.54 Å². The summed E-state index contributed by atoms with van der Waals surface area (Å²) in [6.45, 7) is 3.32. The number of carbonyl (C=O) groups is 2. The molecule has 3 aromatic rings. The molecular weight excluding hydrogens is 348 g/mol. The van der Waals surface area contributed by atoms with E-state index in [1.54, 1.807) is 0 Å². The quantitative estimate of drug-likeness (QED) is 0.744. The summed E-state index contributed by atoms with van der Waals surface area (Å²) in [4.78, 5) is 26.9. The molecule has 0 unspecified atom stereocenters. The number of nitrogens with zero attached hydrogens (tertiary/aromatic N) is 1. The van der Waals surface area contributed by atoms with Crippen LogP contribution in [-0.2, 0) is 22.6 Å². The van der Waals surface area contributed by atoms with Crippen molar-refractivity contribution >= 4 is 22.6 Å².